The number of hydrogen-bond donors (Lipinski definition) is 0. The van der Waals surface area contributed by atoms with E-state index in [4.69, 9.17) is 35.3 Å². The Labute approximate surface area is 220 Å². The Kier molecular flexibility index (Phi) is 6.70. The van der Waals surface area contributed by atoms with E-state index in [-0.39, 0.29) is 24.5 Å². The van der Waals surface area contributed by atoms with Crippen molar-refractivity contribution in [3.8, 4) is 23.0 Å². The normalized spacial score (nSPS) is 16.4. The van der Waals surface area contributed by atoms with Crippen molar-refractivity contribution in [2.24, 2.45) is 4.99 Å². The molecule has 1 aromatic heterocycles. The lowest BCUT2D eigenvalue weighted by molar-refractivity contribution is -0.139. The van der Waals surface area contributed by atoms with Crippen LogP contribution in [0.3, 0.4) is 0 Å². The third-order valence-electron chi connectivity index (χ3n) is 6.03. The van der Waals surface area contributed by atoms with Gasteiger partial charge in [0.1, 0.15) is 17.5 Å². The summed E-state index contributed by atoms with van der Waals surface area (Å²) in [5.41, 5.74) is 1.50. The number of ether oxygens (including phenoxy) is 5. The van der Waals surface area contributed by atoms with E-state index in [9.17, 15) is 9.59 Å². The van der Waals surface area contributed by atoms with Crippen LogP contribution < -0.4 is 33.8 Å². The van der Waals surface area contributed by atoms with E-state index in [0.29, 0.717) is 54.2 Å². The lowest BCUT2D eigenvalue weighted by atomic mass is 9.94. The van der Waals surface area contributed by atoms with Crippen LogP contribution in [0, 0.1) is 0 Å². The highest BCUT2D eigenvalue weighted by Crippen LogP contribution is 2.39. The summed E-state index contributed by atoms with van der Waals surface area (Å²) in [5, 5.41) is 0.407. The summed E-state index contributed by atoms with van der Waals surface area (Å²) in [6, 6.07) is 7.74. The molecule has 0 fully saturated rings. The van der Waals surface area contributed by atoms with Gasteiger partial charge < -0.3 is 23.7 Å². The highest BCUT2D eigenvalue weighted by Gasteiger charge is 2.35. The third kappa shape index (κ3) is 4.36. The largest absolute Gasteiger partial charge is 0.497 e. The summed E-state index contributed by atoms with van der Waals surface area (Å²) in [7, 11) is 3.07. The molecule has 2 aromatic carbocycles. The van der Waals surface area contributed by atoms with Gasteiger partial charge in [-0.15, -0.1) is 0 Å². The molecule has 2 aliphatic rings. The van der Waals surface area contributed by atoms with Gasteiger partial charge in [-0.05, 0) is 49.8 Å². The molecule has 37 heavy (non-hydrogen) atoms. The summed E-state index contributed by atoms with van der Waals surface area (Å²) < 4.78 is 29.1. The van der Waals surface area contributed by atoms with Gasteiger partial charge in [-0.1, -0.05) is 22.9 Å². The van der Waals surface area contributed by atoms with Crippen LogP contribution in [0.5, 0.6) is 23.0 Å². The second-order valence-electron chi connectivity index (χ2n) is 8.14. The van der Waals surface area contributed by atoms with E-state index in [1.54, 1.807) is 57.4 Å². The quantitative estimate of drug-likeness (QED) is 0.441. The van der Waals surface area contributed by atoms with E-state index in [1.165, 1.54) is 23.0 Å². The average Bonchev–Trinajstić information content (AvgIpc) is 3.46. The Morgan fingerprint density at radius 3 is 2.68 bits per heavy atom. The first kappa shape index (κ1) is 24.9. The lowest BCUT2D eigenvalue weighted by Crippen LogP contribution is -2.40. The number of aromatic nitrogens is 1. The minimum absolute atomic E-state index is 0.107. The first-order valence-corrected chi connectivity index (χ1v) is 12.6. The van der Waals surface area contributed by atoms with Crippen molar-refractivity contribution >= 4 is 35.0 Å². The second-order valence-corrected chi connectivity index (χ2v) is 9.55. The highest BCUT2D eigenvalue weighted by molar-refractivity contribution is 7.07. The van der Waals surface area contributed by atoms with E-state index >= 15 is 0 Å². The molecule has 0 spiro atoms. The molecule has 0 saturated heterocycles. The lowest BCUT2D eigenvalue weighted by Gasteiger charge is -2.26. The number of carbonyl (C=O) groups is 1. The van der Waals surface area contributed by atoms with Gasteiger partial charge in [-0.3, -0.25) is 9.36 Å². The van der Waals surface area contributed by atoms with Gasteiger partial charge in [0.25, 0.3) is 5.56 Å². The number of nitrogens with zero attached hydrogens (tertiary/aromatic N) is 2. The van der Waals surface area contributed by atoms with Crippen molar-refractivity contribution < 1.29 is 28.5 Å². The molecule has 0 N–H and O–H groups in total. The molecule has 0 amide bonds. The van der Waals surface area contributed by atoms with Crippen molar-refractivity contribution in [2.75, 3.05) is 27.6 Å². The van der Waals surface area contributed by atoms with Crippen LogP contribution >= 0.6 is 22.9 Å². The zero-order chi connectivity index (χ0) is 26.3. The third-order valence-corrected chi connectivity index (χ3v) is 7.34. The molecule has 9 nitrogen and oxygen atoms in total. The average molecular weight is 543 g/mol. The van der Waals surface area contributed by atoms with Gasteiger partial charge in [0.2, 0.25) is 6.79 Å². The molecular weight excluding hydrogens is 520 g/mol. The maximum Gasteiger partial charge on any atom is 0.338 e. The Morgan fingerprint density at radius 2 is 1.97 bits per heavy atom. The molecule has 0 saturated carbocycles. The Balaban J connectivity index is 1.76. The number of allylic oxidation sites excluding steroid dienone is 1. The molecular formula is C26H23ClN2O7S. The number of rotatable bonds is 6. The molecule has 0 radical (unpaired) electrons. The minimum atomic E-state index is -0.852. The van der Waals surface area contributed by atoms with E-state index in [0.717, 1.165) is 0 Å². The number of thiazole rings is 1. The van der Waals surface area contributed by atoms with Crippen LogP contribution in [-0.4, -0.2) is 38.2 Å². The van der Waals surface area contributed by atoms with Crippen molar-refractivity contribution in [1.29, 1.82) is 0 Å². The molecule has 5 rings (SSSR count). The van der Waals surface area contributed by atoms with Crippen LogP contribution in [-0.2, 0) is 9.53 Å². The highest BCUT2D eigenvalue weighted by atomic mass is 35.5. The molecule has 1 unspecified atom stereocenters. The maximum absolute atomic E-state index is 13.9. The van der Waals surface area contributed by atoms with Crippen molar-refractivity contribution in [3.63, 3.8) is 0 Å². The van der Waals surface area contributed by atoms with Crippen LogP contribution in [0.25, 0.3) is 6.08 Å². The number of hydrogen-bond acceptors (Lipinski definition) is 9. The second kappa shape index (κ2) is 9.95. The van der Waals surface area contributed by atoms with Crippen molar-refractivity contribution in [2.45, 2.75) is 19.9 Å². The number of fused-ring (bicyclic) bond motifs is 2. The number of halogens is 1. The predicted molar refractivity (Wildman–Crippen MR) is 138 cm³/mol. The molecule has 0 bridgehead atoms. The van der Waals surface area contributed by atoms with E-state index < -0.39 is 12.0 Å². The Morgan fingerprint density at radius 1 is 1.22 bits per heavy atom. The molecule has 3 heterocycles. The summed E-state index contributed by atoms with van der Waals surface area (Å²) >= 11 is 7.65. The summed E-state index contributed by atoms with van der Waals surface area (Å²) in [4.78, 5) is 32.0. The number of benzene rings is 2. The van der Waals surface area contributed by atoms with E-state index in [1.807, 2.05) is 0 Å². The Bertz CT molecular complexity index is 1620. The number of methoxy groups -OCH3 is 2. The fourth-order valence-corrected chi connectivity index (χ4v) is 5.57. The monoisotopic (exact) mass is 542 g/mol. The van der Waals surface area contributed by atoms with Crippen molar-refractivity contribution in [1.82, 2.24) is 4.57 Å². The van der Waals surface area contributed by atoms with Gasteiger partial charge in [0, 0.05) is 11.6 Å². The van der Waals surface area contributed by atoms with Gasteiger partial charge in [-0.25, -0.2) is 9.79 Å². The summed E-state index contributed by atoms with van der Waals surface area (Å²) in [6.07, 6.45) is 1.68. The maximum atomic E-state index is 13.9. The zero-order valence-electron chi connectivity index (χ0n) is 20.5. The molecule has 2 aliphatic heterocycles. The SMILES string of the molecule is CCOC(=O)C1=C(C)N=c2s/c(=C/c3cc4c(cc3Cl)OCO4)c(=O)n2C1c1cc(OC)ccc1OC. The molecule has 1 atom stereocenters. The standard InChI is InChI=1S/C26H23ClN2O7S/c1-5-34-25(31)22-13(2)28-26-29(23(22)16-10-15(32-3)6-7-18(16)33-4)24(30)21(37-26)9-14-8-19-20(11-17(14)27)36-12-35-19/h6-11,23H,5,12H2,1-4H3/b21-9+. The minimum Gasteiger partial charge on any atom is -0.497 e. The number of carbonyl (C=O) groups excluding carboxylic acids is 1. The number of esters is 1. The van der Waals surface area contributed by atoms with Gasteiger partial charge in [-0.2, -0.15) is 0 Å². The first-order chi connectivity index (χ1) is 17.9. The molecule has 192 valence electrons. The van der Waals surface area contributed by atoms with Crippen LogP contribution in [0.15, 0.2) is 51.4 Å². The zero-order valence-corrected chi connectivity index (χ0v) is 22.1. The fourth-order valence-electron chi connectivity index (χ4n) is 4.32. The topological polar surface area (TPSA) is 97.6 Å². The summed E-state index contributed by atoms with van der Waals surface area (Å²) in [6.45, 7) is 3.72. The Hall–Kier alpha value is -3.76. The van der Waals surface area contributed by atoms with Gasteiger partial charge >= 0.3 is 5.97 Å². The molecule has 11 heteroatoms. The fraction of sp³-hybridized carbons (Fsp3) is 0.269. The molecule has 0 aliphatic carbocycles. The van der Waals surface area contributed by atoms with Crippen LogP contribution in [0.1, 0.15) is 31.0 Å². The van der Waals surface area contributed by atoms with Crippen LogP contribution in [0.2, 0.25) is 5.02 Å². The van der Waals surface area contributed by atoms with Gasteiger partial charge in [0.05, 0.1) is 41.7 Å². The van der Waals surface area contributed by atoms with Crippen LogP contribution in [0.4, 0.5) is 0 Å². The smallest absolute Gasteiger partial charge is 0.338 e. The van der Waals surface area contributed by atoms with Crippen molar-refractivity contribution in [3.05, 3.63) is 77.4 Å². The van der Waals surface area contributed by atoms with E-state index in [2.05, 4.69) is 4.99 Å². The predicted octanol–water partition coefficient (Wildman–Crippen LogP) is 3.20. The van der Waals surface area contributed by atoms with Gasteiger partial charge in [0.15, 0.2) is 16.3 Å². The molecule has 3 aromatic rings. The first-order valence-electron chi connectivity index (χ1n) is 11.4. The summed E-state index contributed by atoms with van der Waals surface area (Å²) in [5.74, 6) is 1.55.